The van der Waals surface area contributed by atoms with Crippen molar-refractivity contribution in [1.82, 2.24) is 0 Å². The summed E-state index contributed by atoms with van der Waals surface area (Å²) in [5.74, 6) is 1.18. The Morgan fingerprint density at radius 2 is 2.00 bits per heavy atom. The normalized spacial score (nSPS) is 17.3. The summed E-state index contributed by atoms with van der Waals surface area (Å²) in [5, 5.41) is 0. The van der Waals surface area contributed by atoms with Crippen LogP contribution in [0.15, 0.2) is 58.4 Å². The van der Waals surface area contributed by atoms with Crippen molar-refractivity contribution < 1.29 is 4.76 Å². The molecule has 106 valence electrons. The molecule has 1 atom stereocenters. The number of hydrogen-bond donors (Lipinski definition) is 0. The molecule has 0 N–H and O–H groups in total. The maximum atomic E-state index is 12.3. The topological polar surface area (TPSA) is 32.4 Å². The molecule has 0 amide bonds. The summed E-state index contributed by atoms with van der Waals surface area (Å²) in [7, 11) is 0. The van der Waals surface area contributed by atoms with E-state index in [0.717, 1.165) is 20.9 Å². The molecule has 0 fully saturated rings. The van der Waals surface area contributed by atoms with Crippen molar-refractivity contribution in [2.75, 3.05) is 5.75 Å². The molecular formula is C17H17N2OS+. The highest BCUT2D eigenvalue weighted by Gasteiger charge is 2.34. The number of benzene rings is 2. The highest BCUT2D eigenvalue weighted by atomic mass is 32.2. The van der Waals surface area contributed by atoms with Crippen LogP contribution in [0.5, 0.6) is 0 Å². The zero-order valence-electron chi connectivity index (χ0n) is 12.1. The van der Waals surface area contributed by atoms with Gasteiger partial charge in [-0.1, -0.05) is 40.8 Å². The number of aryl methyl sites for hydroxylation is 1. The van der Waals surface area contributed by atoms with Gasteiger partial charge in [0.1, 0.15) is 5.75 Å². The number of rotatable bonds is 3. The minimum absolute atomic E-state index is 0.174. The third-order valence-corrected chi connectivity index (χ3v) is 4.59. The first-order valence-corrected chi connectivity index (χ1v) is 7.96. The minimum atomic E-state index is -0.174. The van der Waals surface area contributed by atoms with E-state index in [9.17, 15) is 4.91 Å². The van der Waals surface area contributed by atoms with Crippen molar-refractivity contribution in [3.8, 4) is 0 Å². The second kappa shape index (κ2) is 5.82. The standard InChI is InChI=1S/C17H17N2OS/c1-12-6-5-7-14(10-12)21-11-17-18-16-9-4-3-8-15(16)13(2)19(17)20/h3-10,13H,11H2,1-2H3/q+1. The molecule has 3 rings (SSSR count). The molecular weight excluding hydrogens is 280 g/mol. The molecule has 21 heavy (non-hydrogen) atoms. The number of fused-ring (bicyclic) bond motifs is 1. The van der Waals surface area contributed by atoms with Crippen LogP contribution in [0.2, 0.25) is 0 Å². The lowest BCUT2D eigenvalue weighted by molar-refractivity contribution is -0.480. The molecule has 1 aliphatic rings. The van der Waals surface area contributed by atoms with E-state index in [0.29, 0.717) is 11.6 Å². The predicted molar refractivity (Wildman–Crippen MR) is 87.5 cm³/mol. The molecule has 2 aromatic carbocycles. The van der Waals surface area contributed by atoms with Crippen LogP contribution >= 0.6 is 11.8 Å². The van der Waals surface area contributed by atoms with Crippen LogP contribution in [0, 0.1) is 11.8 Å². The Labute approximate surface area is 128 Å². The van der Waals surface area contributed by atoms with Crippen LogP contribution in [-0.4, -0.2) is 16.3 Å². The lowest BCUT2D eigenvalue weighted by Gasteiger charge is -2.13. The van der Waals surface area contributed by atoms with Gasteiger partial charge in [0.15, 0.2) is 11.7 Å². The largest absolute Gasteiger partial charge is 0.347 e. The molecule has 0 radical (unpaired) electrons. The molecule has 3 nitrogen and oxygen atoms in total. The van der Waals surface area contributed by atoms with Gasteiger partial charge in [-0.15, -0.1) is 11.8 Å². The molecule has 0 saturated carbocycles. The van der Waals surface area contributed by atoms with E-state index in [1.807, 2.05) is 37.3 Å². The Kier molecular flexibility index (Phi) is 3.88. The van der Waals surface area contributed by atoms with Gasteiger partial charge in [-0.25, -0.2) is 0 Å². The van der Waals surface area contributed by atoms with E-state index >= 15 is 0 Å². The molecule has 2 aromatic rings. The lowest BCUT2D eigenvalue weighted by Crippen LogP contribution is -2.26. The van der Waals surface area contributed by atoms with Crippen molar-refractivity contribution in [2.45, 2.75) is 24.8 Å². The first kappa shape index (κ1) is 14.0. The Hall–Kier alpha value is -1.94. The average Bonchev–Trinajstić information content (AvgIpc) is 2.50. The Balaban J connectivity index is 1.82. The number of hydrogen-bond acceptors (Lipinski definition) is 3. The van der Waals surface area contributed by atoms with E-state index in [2.05, 4.69) is 30.1 Å². The Morgan fingerprint density at radius 1 is 1.19 bits per heavy atom. The van der Waals surface area contributed by atoms with Crippen LogP contribution in [-0.2, 0) is 0 Å². The molecule has 4 heteroatoms. The van der Waals surface area contributed by atoms with E-state index in [-0.39, 0.29) is 6.04 Å². The predicted octanol–water partition coefficient (Wildman–Crippen LogP) is 4.67. The van der Waals surface area contributed by atoms with Crippen molar-refractivity contribution in [3.63, 3.8) is 0 Å². The third kappa shape index (κ3) is 2.90. The number of thioether (sulfide) groups is 1. The maximum absolute atomic E-state index is 12.3. The summed E-state index contributed by atoms with van der Waals surface area (Å²) in [6, 6.07) is 16.0. The van der Waals surface area contributed by atoms with Gasteiger partial charge in [0.2, 0.25) is 0 Å². The summed E-state index contributed by atoms with van der Waals surface area (Å²) in [4.78, 5) is 18.0. The summed E-state index contributed by atoms with van der Waals surface area (Å²) >= 11 is 1.65. The van der Waals surface area contributed by atoms with Crippen molar-refractivity contribution in [3.05, 3.63) is 64.6 Å². The van der Waals surface area contributed by atoms with Gasteiger partial charge in [0, 0.05) is 4.90 Å². The molecule has 0 aromatic heterocycles. The minimum Gasteiger partial charge on any atom is -0.113 e. The number of aliphatic imine (C=N–C) groups is 1. The summed E-state index contributed by atoms with van der Waals surface area (Å²) in [6.07, 6.45) is 0. The van der Waals surface area contributed by atoms with Gasteiger partial charge < -0.3 is 0 Å². The van der Waals surface area contributed by atoms with Crippen molar-refractivity contribution in [2.24, 2.45) is 4.99 Å². The smallest absolute Gasteiger partial charge is 0.113 e. The molecule has 0 bridgehead atoms. The fourth-order valence-corrected chi connectivity index (χ4v) is 3.36. The molecule has 0 spiro atoms. The van der Waals surface area contributed by atoms with E-state index in [1.54, 1.807) is 11.8 Å². The van der Waals surface area contributed by atoms with Crippen molar-refractivity contribution in [1.29, 1.82) is 0 Å². The third-order valence-electron chi connectivity index (χ3n) is 3.60. The van der Waals surface area contributed by atoms with Gasteiger partial charge in [-0.3, -0.25) is 0 Å². The molecule has 1 unspecified atom stereocenters. The van der Waals surface area contributed by atoms with Gasteiger partial charge in [-0.2, -0.15) is 0 Å². The monoisotopic (exact) mass is 297 g/mol. The number of para-hydroxylation sites is 1. The number of nitrogens with zero attached hydrogens (tertiary/aromatic N) is 2. The van der Waals surface area contributed by atoms with E-state index in [4.69, 9.17) is 0 Å². The molecule has 0 aliphatic carbocycles. The SMILES string of the molecule is Cc1cccc(SCC2=Nc3ccccc3C(C)[N+]2=O)c1. The summed E-state index contributed by atoms with van der Waals surface area (Å²) in [6.45, 7) is 4.00. The Morgan fingerprint density at radius 3 is 2.81 bits per heavy atom. The zero-order chi connectivity index (χ0) is 14.8. The maximum Gasteiger partial charge on any atom is 0.347 e. The quantitative estimate of drug-likeness (QED) is 0.609. The average molecular weight is 297 g/mol. The first-order valence-electron chi connectivity index (χ1n) is 6.97. The highest BCUT2D eigenvalue weighted by molar-refractivity contribution is 8.00. The van der Waals surface area contributed by atoms with E-state index in [1.165, 1.54) is 5.56 Å². The summed E-state index contributed by atoms with van der Waals surface area (Å²) < 4.78 is 1.03. The molecule has 1 heterocycles. The summed E-state index contributed by atoms with van der Waals surface area (Å²) in [5.41, 5.74) is 3.14. The van der Waals surface area contributed by atoms with Gasteiger partial charge in [-0.05, 0) is 41.8 Å². The van der Waals surface area contributed by atoms with Gasteiger partial charge >= 0.3 is 5.84 Å². The molecule has 0 saturated heterocycles. The first-order chi connectivity index (χ1) is 10.1. The van der Waals surface area contributed by atoms with Crippen LogP contribution in [0.4, 0.5) is 5.69 Å². The second-order valence-corrected chi connectivity index (χ2v) is 6.24. The van der Waals surface area contributed by atoms with Gasteiger partial charge in [0.25, 0.3) is 0 Å². The Bertz CT molecular complexity index is 724. The fraction of sp³-hybridized carbons (Fsp3) is 0.235. The van der Waals surface area contributed by atoms with Crippen molar-refractivity contribution >= 4 is 23.3 Å². The van der Waals surface area contributed by atoms with E-state index < -0.39 is 0 Å². The van der Waals surface area contributed by atoms with Crippen LogP contribution < -0.4 is 0 Å². The zero-order valence-corrected chi connectivity index (χ0v) is 12.9. The second-order valence-electron chi connectivity index (χ2n) is 5.19. The number of nitroso groups, excluding NO2 is 1. The lowest BCUT2D eigenvalue weighted by atomic mass is 10.0. The van der Waals surface area contributed by atoms with Crippen LogP contribution in [0.1, 0.15) is 24.1 Å². The van der Waals surface area contributed by atoms with Gasteiger partial charge in [0.05, 0.1) is 5.56 Å². The number of amidine groups is 1. The van der Waals surface area contributed by atoms with Crippen LogP contribution in [0.25, 0.3) is 0 Å². The fourth-order valence-electron chi connectivity index (χ4n) is 2.43. The van der Waals surface area contributed by atoms with Crippen LogP contribution in [0.3, 0.4) is 0 Å². The highest BCUT2D eigenvalue weighted by Crippen LogP contribution is 2.33. The molecule has 1 aliphatic heterocycles.